The highest BCUT2D eigenvalue weighted by atomic mass is 16.2. The van der Waals surface area contributed by atoms with Crippen molar-refractivity contribution in [2.75, 3.05) is 11.9 Å². The van der Waals surface area contributed by atoms with Crippen LogP contribution in [0.4, 0.5) is 16.2 Å². The van der Waals surface area contributed by atoms with Crippen LogP contribution in [0.3, 0.4) is 0 Å². The van der Waals surface area contributed by atoms with E-state index in [9.17, 15) is 4.79 Å². The number of anilines is 2. The largest absolute Gasteiger partial charge is 0.340 e. The molecule has 3 aromatic rings. The molecule has 0 aliphatic heterocycles. The number of rotatable bonds is 2. The Kier molecular flexibility index (Phi) is 3.56. The molecule has 0 heterocycles. The van der Waals surface area contributed by atoms with E-state index in [0.29, 0.717) is 0 Å². The third kappa shape index (κ3) is 2.46. The molecule has 0 spiro atoms. The summed E-state index contributed by atoms with van der Waals surface area (Å²) in [6, 6.07) is 23.5. The van der Waals surface area contributed by atoms with Crippen molar-refractivity contribution in [1.82, 2.24) is 5.32 Å². The lowest BCUT2D eigenvalue weighted by Gasteiger charge is -2.24. The molecule has 0 atom stereocenters. The summed E-state index contributed by atoms with van der Waals surface area (Å²) in [5.41, 5.74) is 1.71. The predicted molar refractivity (Wildman–Crippen MR) is 87.0 cm³/mol. The van der Waals surface area contributed by atoms with Crippen LogP contribution in [-0.4, -0.2) is 13.1 Å². The summed E-state index contributed by atoms with van der Waals surface area (Å²) in [5.74, 6) is 0. The first kappa shape index (κ1) is 13.2. The Balaban J connectivity index is 2.22. The quantitative estimate of drug-likeness (QED) is 0.743. The number of para-hydroxylation sites is 1. The van der Waals surface area contributed by atoms with Gasteiger partial charge in [-0.05, 0) is 23.6 Å². The normalized spacial score (nSPS) is 10.3. The minimum atomic E-state index is -0.155. The van der Waals surface area contributed by atoms with Crippen molar-refractivity contribution >= 4 is 28.2 Å². The number of urea groups is 1. The maximum absolute atomic E-state index is 12.4. The number of nitrogens with one attached hydrogen (secondary N) is 1. The third-order valence-electron chi connectivity index (χ3n) is 3.44. The molecule has 104 valence electrons. The van der Waals surface area contributed by atoms with Gasteiger partial charge in [-0.15, -0.1) is 0 Å². The van der Waals surface area contributed by atoms with Gasteiger partial charge < -0.3 is 5.32 Å². The number of benzene rings is 3. The summed E-state index contributed by atoms with van der Waals surface area (Å²) in [5, 5.41) is 4.87. The average Bonchev–Trinajstić information content (AvgIpc) is 2.56. The number of amides is 2. The zero-order valence-electron chi connectivity index (χ0n) is 11.8. The minimum Gasteiger partial charge on any atom is -0.340 e. The van der Waals surface area contributed by atoms with Gasteiger partial charge in [0.05, 0.1) is 11.4 Å². The number of carbonyl (C=O) groups excluding carboxylic acids is 1. The van der Waals surface area contributed by atoms with Crippen molar-refractivity contribution in [3.8, 4) is 0 Å². The molecule has 3 rings (SSSR count). The highest BCUT2D eigenvalue weighted by molar-refractivity contribution is 6.07. The number of nitrogens with zero attached hydrogens (tertiary/aromatic N) is 1. The molecule has 1 N–H and O–H groups in total. The van der Waals surface area contributed by atoms with Crippen LogP contribution in [-0.2, 0) is 0 Å². The van der Waals surface area contributed by atoms with Gasteiger partial charge in [0, 0.05) is 12.4 Å². The molecular weight excluding hydrogens is 260 g/mol. The predicted octanol–water partition coefficient (Wildman–Crippen LogP) is 4.32. The highest BCUT2D eigenvalue weighted by Crippen LogP contribution is 2.32. The molecule has 0 fully saturated rings. The van der Waals surface area contributed by atoms with Crippen molar-refractivity contribution in [1.29, 1.82) is 0 Å². The zero-order valence-corrected chi connectivity index (χ0v) is 11.8. The second-order valence-corrected chi connectivity index (χ2v) is 4.72. The Morgan fingerprint density at radius 1 is 0.857 bits per heavy atom. The molecule has 3 aromatic carbocycles. The molecular formula is C18H16N2O. The Hall–Kier alpha value is -2.81. The lowest BCUT2D eigenvalue weighted by atomic mass is 10.1. The van der Waals surface area contributed by atoms with Crippen molar-refractivity contribution in [3.05, 3.63) is 72.8 Å². The summed E-state index contributed by atoms with van der Waals surface area (Å²) >= 11 is 0. The molecule has 0 radical (unpaired) electrons. The minimum absolute atomic E-state index is 0.155. The Bertz CT molecular complexity index is 763. The van der Waals surface area contributed by atoms with Gasteiger partial charge in [0.2, 0.25) is 0 Å². The van der Waals surface area contributed by atoms with Gasteiger partial charge >= 0.3 is 6.03 Å². The van der Waals surface area contributed by atoms with Crippen LogP contribution in [0.5, 0.6) is 0 Å². The first-order valence-corrected chi connectivity index (χ1v) is 6.86. The Morgan fingerprint density at radius 3 is 2.29 bits per heavy atom. The van der Waals surface area contributed by atoms with Gasteiger partial charge in [0.1, 0.15) is 0 Å². The van der Waals surface area contributed by atoms with Crippen molar-refractivity contribution in [2.45, 2.75) is 0 Å². The highest BCUT2D eigenvalue weighted by Gasteiger charge is 2.18. The SMILES string of the molecule is CNC(=O)N(c1ccccc1)c1cccc2ccccc12. The standard InChI is InChI=1S/C18H16N2O/c1-19-18(21)20(15-10-3-2-4-11-15)17-13-7-9-14-8-5-6-12-16(14)17/h2-13H,1H3,(H,19,21). The summed E-state index contributed by atoms with van der Waals surface area (Å²) in [6.07, 6.45) is 0. The fourth-order valence-corrected chi connectivity index (χ4v) is 2.46. The van der Waals surface area contributed by atoms with E-state index >= 15 is 0 Å². The topological polar surface area (TPSA) is 32.3 Å². The molecule has 3 nitrogen and oxygen atoms in total. The lowest BCUT2D eigenvalue weighted by Crippen LogP contribution is -2.34. The third-order valence-corrected chi connectivity index (χ3v) is 3.44. The van der Waals surface area contributed by atoms with Crippen LogP contribution >= 0.6 is 0 Å². The molecule has 0 aliphatic carbocycles. The number of fused-ring (bicyclic) bond motifs is 1. The monoisotopic (exact) mass is 276 g/mol. The van der Waals surface area contributed by atoms with Gasteiger partial charge in [-0.25, -0.2) is 4.79 Å². The van der Waals surface area contributed by atoms with Gasteiger partial charge in [0.15, 0.2) is 0 Å². The number of hydrogen-bond acceptors (Lipinski definition) is 1. The van der Waals surface area contributed by atoms with Crippen LogP contribution in [0.1, 0.15) is 0 Å². The van der Waals surface area contributed by atoms with Crippen molar-refractivity contribution < 1.29 is 4.79 Å². The van der Waals surface area contributed by atoms with Gasteiger partial charge in [0.25, 0.3) is 0 Å². The second kappa shape index (κ2) is 5.67. The van der Waals surface area contributed by atoms with Crippen LogP contribution in [0.2, 0.25) is 0 Å². The molecule has 0 saturated carbocycles. The van der Waals surface area contributed by atoms with Crippen LogP contribution in [0, 0.1) is 0 Å². The van der Waals surface area contributed by atoms with E-state index < -0.39 is 0 Å². The summed E-state index contributed by atoms with van der Waals surface area (Å²) in [6.45, 7) is 0. The van der Waals surface area contributed by atoms with E-state index in [1.807, 2.05) is 72.8 Å². The van der Waals surface area contributed by atoms with E-state index in [0.717, 1.165) is 22.1 Å². The summed E-state index contributed by atoms with van der Waals surface area (Å²) < 4.78 is 0. The Morgan fingerprint density at radius 2 is 1.52 bits per heavy atom. The van der Waals surface area contributed by atoms with Crippen LogP contribution in [0.25, 0.3) is 10.8 Å². The molecule has 3 heteroatoms. The number of carbonyl (C=O) groups is 1. The van der Waals surface area contributed by atoms with Gasteiger partial charge in [-0.3, -0.25) is 4.90 Å². The van der Waals surface area contributed by atoms with E-state index in [2.05, 4.69) is 5.32 Å². The molecule has 0 aromatic heterocycles. The molecule has 0 bridgehead atoms. The smallest absolute Gasteiger partial charge is 0.326 e. The van der Waals surface area contributed by atoms with Gasteiger partial charge in [-0.1, -0.05) is 54.6 Å². The maximum atomic E-state index is 12.4. The summed E-state index contributed by atoms with van der Waals surface area (Å²) in [7, 11) is 1.64. The molecule has 0 unspecified atom stereocenters. The zero-order chi connectivity index (χ0) is 14.7. The maximum Gasteiger partial charge on any atom is 0.326 e. The molecule has 21 heavy (non-hydrogen) atoms. The van der Waals surface area contributed by atoms with E-state index in [-0.39, 0.29) is 6.03 Å². The van der Waals surface area contributed by atoms with E-state index in [4.69, 9.17) is 0 Å². The molecule has 2 amide bonds. The van der Waals surface area contributed by atoms with E-state index in [1.54, 1.807) is 11.9 Å². The first-order valence-electron chi connectivity index (χ1n) is 6.86. The van der Waals surface area contributed by atoms with Crippen LogP contribution < -0.4 is 10.2 Å². The Labute approximate surface area is 123 Å². The second-order valence-electron chi connectivity index (χ2n) is 4.72. The molecule has 0 saturated heterocycles. The average molecular weight is 276 g/mol. The van der Waals surface area contributed by atoms with Crippen LogP contribution in [0.15, 0.2) is 72.8 Å². The van der Waals surface area contributed by atoms with Crippen molar-refractivity contribution in [2.24, 2.45) is 0 Å². The summed E-state index contributed by atoms with van der Waals surface area (Å²) in [4.78, 5) is 14.1. The van der Waals surface area contributed by atoms with E-state index in [1.165, 1.54) is 0 Å². The molecule has 0 aliphatic rings. The fraction of sp³-hybridized carbons (Fsp3) is 0.0556. The number of hydrogen-bond donors (Lipinski definition) is 1. The lowest BCUT2D eigenvalue weighted by molar-refractivity contribution is 0.250. The first-order chi connectivity index (χ1) is 10.3. The fourth-order valence-electron chi connectivity index (χ4n) is 2.46. The van der Waals surface area contributed by atoms with Crippen molar-refractivity contribution in [3.63, 3.8) is 0 Å². The van der Waals surface area contributed by atoms with Gasteiger partial charge in [-0.2, -0.15) is 0 Å².